The molecule has 0 fully saturated rings. The minimum absolute atomic E-state index is 0.0575. The van der Waals surface area contributed by atoms with Gasteiger partial charge < -0.3 is 10.1 Å². The monoisotopic (exact) mass is 294 g/mol. The number of likely N-dealkylation sites (N-methyl/N-ethyl adjacent to an activating group) is 1. The minimum atomic E-state index is -0.405. The van der Waals surface area contributed by atoms with E-state index in [0.29, 0.717) is 12.3 Å². The number of ether oxygens (including phenoxy) is 1. The van der Waals surface area contributed by atoms with Gasteiger partial charge in [-0.15, -0.1) is 0 Å². The Morgan fingerprint density at radius 1 is 1.35 bits per heavy atom. The van der Waals surface area contributed by atoms with Crippen molar-refractivity contribution in [1.82, 2.24) is 10.3 Å². The lowest BCUT2D eigenvalue weighted by atomic mass is 9.99. The molecule has 0 aliphatic rings. The number of hydrogen-bond acceptors (Lipinski definition) is 3. The molecule has 1 aromatic heterocycles. The lowest BCUT2D eigenvalue weighted by molar-refractivity contribution is 0.384. The highest BCUT2D eigenvalue weighted by Crippen LogP contribution is 2.28. The van der Waals surface area contributed by atoms with Gasteiger partial charge in [-0.05, 0) is 31.2 Å². The van der Waals surface area contributed by atoms with Gasteiger partial charge in [0, 0.05) is 17.8 Å². The van der Waals surface area contributed by atoms with E-state index in [-0.39, 0.29) is 11.1 Å². The summed E-state index contributed by atoms with van der Waals surface area (Å²) >= 11 is 6.01. The predicted octanol–water partition coefficient (Wildman–Crippen LogP) is 3.39. The van der Waals surface area contributed by atoms with Gasteiger partial charge in [-0.2, -0.15) is 0 Å². The highest BCUT2D eigenvalue weighted by Gasteiger charge is 2.17. The molecule has 0 aliphatic heterocycles. The first-order valence-electron chi connectivity index (χ1n) is 6.26. The molecule has 20 heavy (non-hydrogen) atoms. The Balaban J connectivity index is 2.31. The van der Waals surface area contributed by atoms with E-state index in [9.17, 15) is 4.39 Å². The smallest absolute Gasteiger partial charge is 0.217 e. The zero-order valence-electron chi connectivity index (χ0n) is 11.4. The van der Waals surface area contributed by atoms with Crippen LogP contribution in [0.4, 0.5) is 4.39 Å². The summed E-state index contributed by atoms with van der Waals surface area (Å²) in [4.78, 5) is 4.18. The van der Waals surface area contributed by atoms with E-state index >= 15 is 0 Å². The van der Waals surface area contributed by atoms with E-state index in [4.69, 9.17) is 16.3 Å². The third-order valence-electron chi connectivity index (χ3n) is 3.17. The molecular weight excluding hydrogens is 279 g/mol. The largest absolute Gasteiger partial charge is 0.481 e. The lowest BCUT2D eigenvalue weighted by Gasteiger charge is -2.19. The molecule has 0 aliphatic carbocycles. The highest BCUT2D eigenvalue weighted by molar-refractivity contribution is 6.31. The Hall–Kier alpha value is -1.65. The molecule has 1 aromatic carbocycles. The zero-order valence-corrected chi connectivity index (χ0v) is 12.1. The number of nitrogens with one attached hydrogen (secondary N) is 1. The molecule has 3 nitrogen and oxygen atoms in total. The van der Waals surface area contributed by atoms with Gasteiger partial charge in [-0.25, -0.2) is 9.37 Å². The fourth-order valence-corrected chi connectivity index (χ4v) is 2.34. The van der Waals surface area contributed by atoms with Crippen molar-refractivity contribution in [3.8, 4) is 5.88 Å². The molecule has 2 rings (SSSR count). The van der Waals surface area contributed by atoms with Crippen LogP contribution in [0.25, 0.3) is 0 Å². The topological polar surface area (TPSA) is 34.2 Å². The van der Waals surface area contributed by atoms with Gasteiger partial charge in [-0.3, -0.25) is 0 Å². The Morgan fingerprint density at radius 3 is 2.85 bits per heavy atom. The fourth-order valence-electron chi connectivity index (χ4n) is 2.13. The first-order valence-corrected chi connectivity index (χ1v) is 6.64. The summed E-state index contributed by atoms with van der Waals surface area (Å²) in [5.74, 6) is 0.150. The van der Waals surface area contributed by atoms with Crippen molar-refractivity contribution in [3.63, 3.8) is 0 Å². The number of methoxy groups -OCH3 is 1. The molecule has 1 N–H and O–H groups in total. The van der Waals surface area contributed by atoms with Crippen LogP contribution in [0.3, 0.4) is 0 Å². The fraction of sp³-hybridized carbons (Fsp3) is 0.267. The summed E-state index contributed by atoms with van der Waals surface area (Å²) in [6, 6.07) is 8.54. The molecule has 0 saturated heterocycles. The third-order valence-corrected chi connectivity index (χ3v) is 3.60. The van der Waals surface area contributed by atoms with Gasteiger partial charge in [0.15, 0.2) is 0 Å². The summed E-state index contributed by atoms with van der Waals surface area (Å²) in [7, 11) is 3.41. The molecular formula is C15H16ClFN2O. The first-order chi connectivity index (χ1) is 9.67. The van der Waals surface area contributed by atoms with Crippen LogP contribution in [0.2, 0.25) is 5.02 Å². The van der Waals surface area contributed by atoms with Crippen LogP contribution >= 0.6 is 11.6 Å². The van der Waals surface area contributed by atoms with Crippen LogP contribution in [0.5, 0.6) is 5.88 Å². The van der Waals surface area contributed by atoms with E-state index in [1.807, 2.05) is 25.2 Å². The summed E-state index contributed by atoms with van der Waals surface area (Å²) < 4.78 is 18.8. The van der Waals surface area contributed by atoms with Gasteiger partial charge in [0.2, 0.25) is 5.88 Å². The molecule has 1 unspecified atom stereocenters. The molecule has 5 heteroatoms. The number of nitrogens with zero attached hydrogens (tertiary/aromatic N) is 1. The summed E-state index contributed by atoms with van der Waals surface area (Å²) in [5, 5.41) is 3.35. The maximum Gasteiger partial charge on any atom is 0.217 e. The van der Waals surface area contributed by atoms with Crippen molar-refractivity contribution >= 4 is 11.6 Å². The predicted molar refractivity (Wildman–Crippen MR) is 77.7 cm³/mol. The first kappa shape index (κ1) is 14.8. The van der Waals surface area contributed by atoms with Gasteiger partial charge in [-0.1, -0.05) is 29.8 Å². The van der Waals surface area contributed by atoms with Crippen LogP contribution < -0.4 is 10.1 Å². The van der Waals surface area contributed by atoms with Gasteiger partial charge >= 0.3 is 0 Å². The maximum absolute atomic E-state index is 13.5. The van der Waals surface area contributed by atoms with Crippen LogP contribution in [-0.4, -0.2) is 19.1 Å². The molecule has 1 atom stereocenters. The minimum Gasteiger partial charge on any atom is -0.481 e. The third kappa shape index (κ3) is 3.08. The Kier molecular flexibility index (Phi) is 4.93. The van der Waals surface area contributed by atoms with Crippen molar-refractivity contribution in [2.24, 2.45) is 0 Å². The molecule has 1 heterocycles. The molecule has 0 bridgehead atoms. The number of aromatic nitrogens is 1. The van der Waals surface area contributed by atoms with Crippen LogP contribution in [0.15, 0.2) is 36.5 Å². The van der Waals surface area contributed by atoms with Crippen molar-refractivity contribution < 1.29 is 9.13 Å². The van der Waals surface area contributed by atoms with Gasteiger partial charge in [0.1, 0.15) is 5.82 Å². The number of hydrogen-bond donors (Lipinski definition) is 1. The van der Waals surface area contributed by atoms with Gasteiger partial charge in [0.05, 0.1) is 12.1 Å². The summed E-state index contributed by atoms with van der Waals surface area (Å²) in [6.45, 7) is 0. The average molecular weight is 295 g/mol. The zero-order chi connectivity index (χ0) is 14.5. The molecule has 0 radical (unpaired) electrons. The second kappa shape index (κ2) is 6.68. The number of rotatable bonds is 5. The Labute approximate surface area is 122 Å². The molecule has 0 spiro atoms. The van der Waals surface area contributed by atoms with E-state index in [1.54, 1.807) is 19.4 Å². The molecule has 0 saturated carbocycles. The van der Waals surface area contributed by atoms with E-state index in [0.717, 1.165) is 11.1 Å². The number of pyridine rings is 1. The molecule has 0 amide bonds. The van der Waals surface area contributed by atoms with Crippen LogP contribution in [0.1, 0.15) is 17.2 Å². The quantitative estimate of drug-likeness (QED) is 0.918. The number of halogens is 2. The van der Waals surface area contributed by atoms with Crippen molar-refractivity contribution in [3.05, 3.63) is 58.5 Å². The van der Waals surface area contributed by atoms with Crippen LogP contribution in [0, 0.1) is 5.82 Å². The SMILES string of the molecule is CNC(Cc1cccc(F)c1Cl)c1cccnc1OC. The Bertz CT molecular complexity index is 592. The van der Waals surface area contributed by atoms with Gasteiger partial charge in [0.25, 0.3) is 0 Å². The Morgan fingerprint density at radius 2 is 2.15 bits per heavy atom. The van der Waals surface area contributed by atoms with Crippen molar-refractivity contribution in [2.75, 3.05) is 14.2 Å². The van der Waals surface area contributed by atoms with E-state index in [1.165, 1.54) is 6.07 Å². The van der Waals surface area contributed by atoms with E-state index < -0.39 is 5.82 Å². The number of benzene rings is 1. The second-order valence-electron chi connectivity index (χ2n) is 4.36. The van der Waals surface area contributed by atoms with Crippen LogP contribution in [-0.2, 0) is 6.42 Å². The molecule has 106 valence electrons. The summed E-state index contributed by atoms with van der Waals surface area (Å²) in [5.41, 5.74) is 1.66. The van der Waals surface area contributed by atoms with Crippen molar-refractivity contribution in [2.45, 2.75) is 12.5 Å². The average Bonchev–Trinajstić information content (AvgIpc) is 2.49. The highest BCUT2D eigenvalue weighted by atomic mass is 35.5. The standard InChI is InChI=1S/C15H16ClFN2O/c1-18-13(11-6-4-8-19-15(11)20-2)9-10-5-3-7-12(17)14(10)16/h3-8,13,18H,9H2,1-2H3. The van der Waals surface area contributed by atoms with Crippen molar-refractivity contribution in [1.29, 1.82) is 0 Å². The second-order valence-corrected chi connectivity index (χ2v) is 4.74. The summed E-state index contributed by atoms with van der Waals surface area (Å²) in [6.07, 6.45) is 2.22. The molecule has 2 aromatic rings. The lowest BCUT2D eigenvalue weighted by Crippen LogP contribution is -2.20. The maximum atomic E-state index is 13.5. The van der Waals surface area contributed by atoms with E-state index in [2.05, 4.69) is 10.3 Å². The normalized spacial score (nSPS) is 12.2.